The smallest absolute Gasteiger partial charge is 0.268 e. The van der Waals surface area contributed by atoms with Gasteiger partial charge in [0.1, 0.15) is 5.69 Å². The predicted octanol–water partition coefficient (Wildman–Crippen LogP) is 0.479. The van der Waals surface area contributed by atoms with Gasteiger partial charge >= 0.3 is 0 Å². The Labute approximate surface area is 79.7 Å². The lowest BCUT2D eigenvalue weighted by molar-refractivity contribution is 0.0997. The molecule has 1 amide bonds. The van der Waals surface area contributed by atoms with Crippen LogP contribution in [0.25, 0.3) is 10.9 Å². The number of hydrogen-bond acceptors (Lipinski definition) is 3. The van der Waals surface area contributed by atoms with Crippen molar-refractivity contribution in [3.8, 4) is 0 Å². The topological polar surface area (TPSA) is 84.7 Å². The number of fused-ring (bicyclic) bond motifs is 1. The molecule has 0 saturated heterocycles. The van der Waals surface area contributed by atoms with Crippen LogP contribution in [0.4, 0.5) is 0 Å². The van der Waals surface area contributed by atoms with Crippen molar-refractivity contribution in [3.63, 3.8) is 0 Å². The molecule has 0 radical (unpaired) electrons. The number of carbonyl (C=O) groups excluding carboxylic acids is 1. The van der Waals surface area contributed by atoms with Crippen LogP contribution in [0.2, 0.25) is 0 Å². The number of nitrogens with two attached hydrogens (primary N) is 1. The van der Waals surface area contributed by atoms with Gasteiger partial charge in [0.2, 0.25) is 0 Å². The zero-order valence-corrected chi connectivity index (χ0v) is 7.34. The minimum Gasteiger partial charge on any atom is -0.364 e. The first-order valence-electron chi connectivity index (χ1n) is 3.37. The molecule has 0 bridgehead atoms. The first-order chi connectivity index (χ1) is 5.79. The molecular formula is C7H7ClN4O. The number of aromatic nitrogens is 3. The Morgan fingerprint density at radius 2 is 2.31 bits per heavy atom. The first-order valence-corrected chi connectivity index (χ1v) is 3.37. The molecule has 0 aromatic carbocycles. The lowest BCUT2D eigenvalue weighted by atomic mass is 10.2. The van der Waals surface area contributed by atoms with Crippen LogP contribution in [0.15, 0.2) is 18.5 Å². The monoisotopic (exact) mass is 198 g/mol. The van der Waals surface area contributed by atoms with E-state index < -0.39 is 5.91 Å². The van der Waals surface area contributed by atoms with Gasteiger partial charge in [0.15, 0.2) is 0 Å². The van der Waals surface area contributed by atoms with Crippen LogP contribution in [0, 0.1) is 0 Å². The molecular weight excluding hydrogens is 192 g/mol. The van der Waals surface area contributed by atoms with Crippen molar-refractivity contribution in [2.45, 2.75) is 0 Å². The number of nitrogens with one attached hydrogen (secondary N) is 1. The number of aromatic amines is 1. The summed E-state index contributed by atoms with van der Waals surface area (Å²) in [6.07, 6.45) is 3.10. The lowest BCUT2D eigenvalue weighted by Crippen LogP contribution is -2.12. The van der Waals surface area contributed by atoms with Gasteiger partial charge in [-0.1, -0.05) is 0 Å². The van der Waals surface area contributed by atoms with E-state index >= 15 is 0 Å². The van der Waals surface area contributed by atoms with Crippen molar-refractivity contribution < 1.29 is 4.79 Å². The maximum atomic E-state index is 10.8. The Hall–Kier alpha value is -1.62. The van der Waals surface area contributed by atoms with E-state index in [-0.39, 0.29) is 18.1 Å². The second kappa shape index (κ2) is 3.40. The van der Waals surface area contributed by atoms with Gasteiger partial charge in [0.25, 0.3) is 5.91 Å². The van der Waals surface area contributed by atoms with E-state index in [9.17, 15) is 4.79 Å². The van der Waals surface area contributed by atoms with Crippen LogP contribution >= 0.6 is 12.4 Å². The third-order valence-electron chi connectivity index (χ3n) is 1.59. The molecule has 2 heterocycles. The van der Waals surface area contributed by atoms with E-state index in [0.717, 1.165) is 0 Å². The highest BCUT2D eigenvalue weighted by atomic mass is 35.5. The SMILES string of the molecule is Cl.NC(=O)c1nccc2n[nH]cc12. The van der Waals surface area contributed by atoms with Crippen molar-refractivity contribution in [2.75, 3.05) is 0 Å². The van der Waals surface area contributed by atoms with Gasteiger partial charge in [-0.05, 0) is 6.07 Å². The number of carbonyl (C=O) groups is 1. The van der Waals surface area contributed by atoms with Crippen LogP contribution in [-0.2, 0) is 0 Å². The number of rotatable bonds is 1. The van der Waals surface area contributed by atoms with E-state index in [4.69, 9.17) is 5.73 Å². The molecule has 0 unspecified atom stereocenters. The first kappa shape index (κ1) is 9.47. The van der Waals surface area contributed by atoms with Crippen molar-refractivity contribution >= 4 is 29.2 Å². The molecule has 13 heavy (non-hydrogen) atoms. The lowest BCUT2D eigenvalue weighted by Gasteiger charge is -1.93. The Kier molecular flexibility index (Phi) is 2.48. The maximum Gasteiger partial charge on any atom is 0.268 e. The number of nitrogens with zero attached hydrogens (tertiary/aromatic N) is 2. The number of amides is 1. The van der Waals surface area contributed by atoms with Crippen LogP contribution < -0.4 is 5.73 Å². The molecule has 6 heteroatoms. The molecule has 0 spiro atoms. The molecule has 2 aromatic rings. The predicted molar refractivity (Wildman–Crippen MR) is 49.7 cm³/mol. The summed E-state index contributed by atoms with van der Waals surface area (Å²) in [5.41, 5.74) is 6.04. The molecule has 3 N–H and O–H groups in total. The zero-order chi connectivity index (χ0) is 8.55. The highest BCUT2D eigenvalue weighted by molar-refractivity contribution is 6.03. The number of pyridine rings is 1. The Morgan fingerprint density at radius 3 is 3.00 bits per heavy atom. The standard InChI is InChI=1S/C7H6N4O.ClH/c8-7(12)6-4-3-10-11-5(4)1-2-9-6;/h1-3H,(H2,8,12)(H,10,11);1H. The maximum absolute atomic E-state index is 10.8. The Morgan fingerprint density at radius 1 is 1.54 bits per heavy atom. The van der Waals surface area contributed by atoms with Gasteiger partial charge < -0.3 is 5.73 Å². The summed E-state index contributed by atoms with van der Waals surface area (Å²) < 4.78 is 0. The summed E-state index contributed by atoms with van der Waals surface area (Å²) in [5, 5.41) is 7.18. The minimum atomic E-state index is -0.540. The Bertz CT molecular complexity index is 439. The average Bonchev–Trinajstić information content (AvgIpc) is 2.49. The van der Waals surface area contributed by atoms with Crippen LogP contribution in [0.3, 0.4) is 0 Å². The fraction of sp³-hybridized carbons (Fsp3) is 0. The van der Waals surface area contributed by atoms with Crippen molar-refractivity contribution in [1.29, 1.82) is 0 Å². The molecule has 68 valence electrons. The van der Waals surface area contributed by atoms with Crippen LogP contribution in [0.1, 0.15) is 10.5 Å². The van der Waals surface area contributed by atoms with Gasteiger partial charge in [-0.2, -0.15) is 5.10 Å². The number of halogens is 1. The molecule has 0 aliphatic rings. The van der Waals surface area contributed by atoms with Crippen LogP contribution in [-0.4, -0.2) is 21.1 Å². The molecule has 0 fully saturated rings. The van der Waals surface area contributed by atoms with Crippen molar-refractivity contribution in [1.82, 2.24) is 15.2 Å². The second-order valence-electron chi connectivity index (χ2n) is 2.34. The molecule has 0 saturated carbocycles. The molecule has 5 nitrogen and oxygen atoms in total. The fourth-order valence-electron chi connectivity index (χ4n) is 1.07. The molecule has 0 atom stereocenters. The summed E-state index contributed by atoms with van der Waals surface area (Å²) in [6, 6.07) is 1.71. The summed E-state index contributed by atoms with van der Waals surface area (Å²) in [5.74, 6) is -0.540. The highest BCUT2D eigenvalue weighted by Crippen LogP contribution is 2.11. The van der Waals surface area contributed by atoms with E-state index in [1.54, 1.807) is 12.3 Å². The summed E-state index contributed by atoms with van der Waals surface area (Å²) in [4.78, 5) is 14.7. The van der Waals surface area contributed by atoms with Crippen LogP contribution in [0.5, 0.6) is 0 Å². The summed E-state index contributed by atoms with van der Waals surface area (Å²) in [6.45, 7) is 0. The third-order valence-corrected chi connectivity index (χ3v) is 1.59. The molecule has 2 aromatic heterocycles. The van der Waals surface area contributed by atoms with Gasteiger partial charge in [-0.3, -0.25) is 14.9 Å². The van der Waals surface area contributed by atoms with Gasteiger partial charge in [0, 0.05) is 12.4 Å². The van der Waals surface area contributed by atoms with E-state index in [0.29, 0.717) is 10.9 Å². The molecule has 2 rings (SSSR count). The van der Waals surface area contributed by atoms with Crippen molar-refractivity contribution in [3.05, 3.63) is 24.2 Å². The van der Waals surface area contributed by atoms with E-state index in [1.807, 2.05) is 0 Å². The minimum absolute atomic E-state index is 0. The number of primary amides is 1. The van der Waals surface area contributed by atoms with E-state index in [1.165, 1.54) is 6.20 Å². The van der Waals surface area contributed by atoms with Crippen molar-refractivity contribution in [2.24, 2.45) is 5.73 Å². The molecule has 0 aliphatic carbocycles. The zero-order valence-electron chi connectivity index (χ0n) is 6.52. The van der Waals surface area contributed by atoms with Gasteiger partial charge in [-0.15, -0.1) is 12.4 Å². The van der Waals surface area contributed by atoms with Gasteiger partial charge in [0.05, 0.1) is 10.9 Å². The summed E-state index contributed by atoms with van der Waals surface area (Å²) in [7, 11) is 0. The summed E-state index contributed by atoms with van der Waals surface area (Å²) >= 11 is 0. The Balaban J connectivity index is 0.000000845. The largest absolute Gasteiger partial charge is 0.364 e. The number of H-pyrrole nitrogens is 1. The molecule has 0 aliphatic heterocycles. The highest BCUT2D eigenvalue weighted by Gasteiger charge is 2.08. The third kappa shape index (κ3) is 1.46. The normalized spacial score (nSPS) is 9.54. The second-order valence-corrected chi connectivity index (χ2v) is 2.34. The van der Waals surface area contributed by atoms with E-state index in [2.05, 4.69) is 15.2 Å². The average molecular weight is 199 g/mol. The number of hydrogen-bond donors (Lipinski definition) is 2. The quantitative estimate of drug-likeness (QED) is 0.699. The fourth-order valence-corrected chi connectivity index (χ4v) is 1.07. The van der Waals surface area contributed by atoms with Gasteiger partial charge in [-0.25, -0.2) is 0 Å².